The van der Waals surface area contributed by atoms with Crippen molar-refractivity contribution >= 4 is 23.4 Å². The van der Waals surface area contributed by atoms with Gasteiger partial charge in [-0.25, -0.2) is 0 Å². The van der Waals surface area contributed by atoms with Crippen molar-refractivity contribution in [3.63, 3.8) is 0 Å². The SMILES string of the molecule is O=C(CCN1C(=O)[C@@H]2[C@H](C1=O)[C@H]1C=C[C@@H]2C1)Nc1ccccc1. The number of imide groups is 1. The number of likely N-dealkylation sites (tertiary alicyclic amines) is 1. The van der Waals surface area contributed by atoms with Crippen molar-refractivity contribution in [2.45, 2.75) is 12.8 Å². The lowest BCUT2D eigenvalue weighted by atomic mass is 9.85. The third-order valence-electron chi connectivity index (χ3n) is 5.18. The Morgan fingerprint density at radius 2 is 1.65 bits per heavy atom. The van der Waals surface area contributed by atoms with E-state index in [-0.39, 0.29) is 54.4 Å². The third-order valence-corrected chi connectivity index (χ3v) is 5.18. The molecule has 2 aliphatic carbocycles. The number of rotatable bonds is 4. The number of nitrogens with one attached hydrogen (secondary N) is 1. The van der Waals surface area contributed by atoms with Crippen molar-refractivity contribution in [3.05, 3.63) is 42.5 Å². The Kier molecular flexibility index (Phi) is 3.29. The van der Waals surface area contributed by atoms with E-state index in [4.69, 9.17) is 0 Å². The lowest BCUT2D eigenvalue weighted by molar-refractivity contribution is -0.140. The molecule has 23 heavy (non-hydrogen) atoms. The molecule has 0 radical (unpaired) electrons. The summed E-state index contributed by atoms with van der Waals surface area (Å²) < 4.78 is 0. The topological polar surface area (TPSA) is 66.5 Å². The molecule has 2 bridgehead atoms. The van der Waals surface area contributed by atoms with Crippen molar-refractivity contribution in [1.29, 1.82) is 0 Å². The number of allylic oxidation sites excluding steroid dienone is 2. The van der Waals surface area contributed by atoms with Crippen molar-refractivity contribution in [3.8, 4) is 0 Å². The van der Waals surface area contributed by atoms with Crippen molar-refractivity contribution in [2.75, 3.05) is 11.9 Å². The maximum atomic E-state index is 12.5. The van der Waals surface area contributed by atoms with Gasteiger partial charge in [0.05, 0.1) is 11.8 Å². The molecule has 1 aliphatic heterocycles. The normalized spacial score (nSPS) is 30.9. The van der Waals surface area contributed by atoms with Crippen LogP contribution in [-0.4, -0.2) is 29.2 Å². The van der Waals surface area contributed by atoms with Gasteiger partial charge in [-0.15, -0.1) is 0 Å². The van der Waals surface area contributed by atoms with E-state index in [1.54, 1.807) is 12.1 Å². The number of para-hydroxylation sites is 1. The van der Waals surface area contributed by atoms with E-state index in [0.717, 1.165) is 12.1 Å². The van der Waals surface area contributed by atoms with Crippen LogP contribution in [0.4, 0.5) is 5.69 Å². The van der Waals surface area contributed by atoms with Crippen molar-refractivity contribution < 1.29 is 14.4 Å². The Morgan fingerprint density at radius 3 is 2.26 bits per heavy atom. The van der Waals surface area contributed by atoms with E-state index >= 15 is 0 Å². The summed E-state index contributed by atoms with van der Waals surface area (Å²) in [4.78, 5) is 38.3. The van der Waals surface area contributed by atoms with Crippen LogP contribution in [0, 0.1) is 23.7 Å². The van der Waals surface area contributed by atoms with Crippen LogP contribution in [0.2, 0.25) is 0 Å². The van der Waals surface area contributed by atoms with Gasteiger partial charge in [0, 0.05) is 18.7 Å². The summed E-state index contributed by atoms with van der Waals surface area (Å²) in [6.07, 6.45) is 5.20. The molecule has 1 saturated heterocycles. The highest BCUT2D eigenvalue weighted by molar-refractivity contribution is 6.06. The molecule has 3 aliphatic rings. The Balaban J connectivity index is 1.38. The molecule has 118 valence electrons. The minimum atomic E-state index is -0.185. The van der Waals surface area contributed by atoms with Gasteiger partial charge in [-0.1, -0.05) is 30.4 Å². The number of nitrogens with zero attached hydrogens (tertiary/aromatic N) is 1. The smallest absolute Gasteiger partial charge is 0.233 e. The fourth-order valence-corrected chi connectivity index (χ4v) is 4.14. The zero-order valence-corrected chi connectivity index (χ0v) is 12.6. The standard InChI is InChI=1S/C18H18N2O3/c21-14(19-13-4-2-1-3-5-13)8-9-20-17(22)15-11-6-7-12(10-11)16(15)18(20)23/h1-7,11-12,15-16H,8-10H2,(H,19,21)/t11-,12+,15+,16-. The molecule has 0 aromatic heterocycles. The van der Waals surface area contributed by atoms with Gasteiger partial charge in [-0.2, -0.15) is 0 Å². The maximum Gasteiger partial charge on any atom is 0.233 e. The molecule has 1 N–H and O–H groups in total. The predicted octanol–water partition coefficient (Wildman–Crippen LogP) is 1.82. The van der Waals surface area contributed by atoms with E-state index in [1.807, 2.05) is 18.2 Å². The number of hydrogen-bond acceptors (Lipinski definition) is 3. The van der Waals surface area contributed by atoms with Gasteiger partial charge in [-0.3, -0.25) is 19.3 Å². The Morgan fingerprint density at radius 1 is 1.04 bits per heavy atom. The van der Waals surface area contributed by atoms with Crippen LogP contribution in [0.1, 0.15) is 12.8 Å². The summed E-state index contributed by atoms with van der Waals surface area (Å²) in [7, 11) is 0. The third kappa shape index (κ3) is 2.27. The molecule has 3 amide bonds. The van der Waals surface area contributed by atoms with Crippen LogP contribution in [0.3, 0.4) is 0 Å². The molecule has 5 nitrogen and oxygen atoms in total. The predicted molar refractivity (Wildman–Crippen MR) is 84.1 cm³/mol. The maximum absolute atomic E-state index is 12.5. The van der Waals surface area contributed by atoms with E-state index < -0.39 is 0 Å². The zero-order chi connectivity index (χ0) is 16.0. The lowest BCUT2D eigenvalue weighted by Crippen LogP contribution is -2.35. The van der Waals surface area contributed by atoms with Crippen LogP contribution in [0.25, 0.3) is 0 Å². The molecule has 1 aromatic rings. The zero-order valence-electron chi connectivity index (χ0n) is 12.6. The molecule has 0 spiro atoms. The number of amides is 3. The first-order valence-corrected chi connectivity index (χ1v) is 8.03. The number of benzene rings is 1. The van der Waals surface area contributed by atoms with Gasteiger partial charge in [0.1, 0.15) is 0 Å². The molecule has 2 fully saturated rings. The van der Waals surface area contributed by atoms with E-state index in [1.165, 1.54) is 4.90 Å². The molecule has 4 atom stereocenters. The molecule has 0 unspecified atom stereocenters. The van der Waals surface area contributed by atoms with Gasteiger partial charge in [0.15, 0.2) is 0 Å². The number of carbonyl (C=O) groups excluding carboxylic acids is 3. The number of hydrogen-bond donors (Lipinski definition) is 1. The quantitative estimate of drug-likeness (QED) is 0.681. The minimum Gasteiger partial charge on any atom is -0.326 e. The van der Waals surface area contributed by atoms with Gasteiger partial charge >= 0.3 is 0 Å². The lowest BCUT2D eigenvalue weighted by Gasteiger charge is -2.16. The number of anilines is 1. The van der Waals surface area contributed by atoms with Gasteiger partial charge in [-0.05, 0) is 30.4 Å². The summed E-state index contributed by atoms with van der Waals surface area (Å²) in [5.74, 6) is -0.317. The van der Waals surface area contributed by atoms with Crippen molar-refractivity contribution in [1.82, 2.24) is 4.90 Å². The van der Waals surface area contributed by atoms with Crippen LogP contribution >= 0.6 is 0 Å². The summed E-state index contributed by atoms with van der Waals surface area (Å²) >= 11 is 0. The molecule has 1 aromatic carbocycles. The molecular formula is C18H18N2O3. The summed E-state index contributed by atoms with van der Waals surface area (Å²) in [6, 6.07) is 9.16. The Labute approximate surface area is 134 Å². The highest BCUT2D eigenvalue weighted by Gasteiger charge is 2.58. The van der Waals surface area contributed by atoms with Crippen LogP contribution < -0.4 is 5.32 Å². The Hall–Kier alpha value is -2.43. The monoisotopic (exact) mass is 310 g/mol. The Bertz CT molecular complexity index is 667. The molecular weight excluding hydrogens is 292 g/mol. The summed E-state index contributed by atoms with van der Waals surface area (Å²) in [5.41, 5.74) is 0.718. The first kappa shape index (κ1) is 14.2. The van der Waals surface area contributed by atoms with Crippen LogP contribution in [0.5, 0.6) is 0 Å². The van der Waals surface area contributed by atoms with E-state index in [2.05, 4.69) is 17.5 Å². The molecule has 1 saturated carbocycles. The number of carbonyl (C=O) groups is 3. The average molecular weight is 310 g/mol. The first-order valence-electron chi connectivity index (χ1n) is 8.03. The van der Waals surface area contributed by atoms with Crippen LogP contribution in [0.15, 0.2) is 42.5 Å². The van der Waals surface area contributed by atoms with Crippen molar-refractivity contribution in [2.24, 2.45) is 23.7 Å². The summed E-state index contributed by atoms with van der Waals surface area (Å²) in [6.45, 7) is 0.169. The number of fused-ring (bicyclic) bond motifs is 5. The van der Waals surface area contributed by atoms with E-state index in [0.29, 0.717) is 0 Å². The average Bonchev–Trinajstić information content (AvgIpc) is 3.22. The first-order chi connectivity index (χ1) is 11.1. The van der Waals surface area contributed by atoms with Crippen LogP contribution in [-0.2, 0) is 14.4 Å². The fraction of sp³-hybridized carbons (Fsp3) is 0.389. The second-order valence-electron chi connectivity index (χ2n) is 6.49. The molecule has 1 heterocycles. The second kappa shape index (κ2) is 5.33. The summed E-state index contributed by atoms with van der Waals surface area (Å²) in [5, 5.41) is 2.78. The van der Waals surface area contributed by atoms with E-state index in [9.17, 15) is 14.4 Å². The van der Waals surface area contributed by atoms with Gasteiger partial charge in [0.25, 0.3) is 0 Å². The van der Waals surface area contributed by atoms with Gasteiger partial charge < -0.3 is 5.32 Å². The molecule has 4 rings (SSSR count). The fourth-order valence-electron chi connectivity index (χ4n) is 4.14. The highest BCUT2D eigenvalue weighted by Crippen LogP contribution is 2.52. The second-order valence-corrected chi connectivity index (χ2v) is 6.49. The highest BCUT2D eigenvalue weighted by atomic mass is 16.2. The van der Waals surface area contributed by atoms with Gasteiger partial charge in [0.2, 0.25) is 17.7 Å². The minimum absolute atomic E-state index is 0.0932. The largest absolute Gasteiger partial charge is 0.326 e. The molecule has 5 heteroatoms.